The van der Waals surface area contributed by atoms with E-state index in [9.17, 15) is 4.79 Å². The summed E-state index contributed by atoms with van der Waals surface area (Å²) in [4.78, 5) is 17.0. The molecule has 0 aromatic heterocycles. The van der Waals surface area contributed by atoms with E-state index >= 15 is 0 Å². The first-order chi connectivity index (χ1) is 9.71. The Balaban J connectivity index is 1.85. The van der Waals surface area contributed by atoms with Crippen LogP contribution in [-0.2, 0) is 9.53 Å². The third-order valence-electron chi connectivity index (χ3n) is 4.81. The largest absolute Gasteiger partial charge is 0.377 e. The number of piperazine rings is 1. The van der Waals surface area contributed by atoms with Crippen LogP contribution in [0.25, 0.3) is 0 Å². The summed E-state index contributed by atoms with van der Waals surface area (Å²) in [5.41, 5.74) is 5.81. The predicted molar refractivity (Wildman–Crippen MR) is 79.4 cm³/mol. The minimum Gasteiger partial charge on any atom is -0.377 e. The van der Waals surface area contributed by atoms with Crippen molar-refractivity contribution >= 4 is 5.91 Å². The van der Waals surface area contributed by atoms with Crippen molar-refractivity contribution in [3.8, 4) is 0 Å². The highest BCUT2D eigenvalue weighted by Gasteiger charge is 2.36. The van der Waals surface area contributed by atoms with Crippen LogP contribution in [0.4, 0.5) is 0 Å². The minimum atomic E-state index is 0.0861. The second-order valence-electron chi connectivity index (χ2n) is 5.87. The van der Waals surface area contributed by atoms with Gasteiger partial charge in [-0.15, -0.1) is 0 Å². The average molecular weight is 283 g/mol. The van der Waals surface area contributed by atoms with Gasteiger partial charge in [0, 0.05) is 45.4 Å². The number of hydrogen-bond acceptors (Lipinski definition) is 4. The molecule has 0 bridgehead atoms. The molecule has 2 aliphatic heterocycles. The lowest BCUT2D eigenvalue weighted by molar-refractivity contribution is -0.139. The molecule has 116 valence electrons. The molecule has 3 atom stereocenters. The summed E-state index contributed by atoms with van der Waals surface area (Å²) < 4.78 is 5.65. The molecule has 5 heteroatoms. The third kappa shape index (κ3) is 3.32. The molecule has 5 nitrogen and oxygen atoms in total. The van der Waals surface area contributed by atoms with Gasteiger partial charge in [0.25, 0.3) is 0 Å². The maximum Gasteiger partial charge on any atom is 0.228 e. The summed E-state index contributed by atoms with van der Waals surface area (Å²) in [7, 11) is 0. The van der Waals surface area contributed by atoms with Gasteiger partial charge < -0.3 is 15.4 Å². The van der Waals surface area contributed by atoms with Crippen molar-refractivity contribution < 1.29 is 9.53 Å². The Labute approximate surface area is 122 Å². The summed E-state index contributed by atoms with van der Waals surface area (Å²) in [6.45, 7) is 9.29. The van der Waals surface area contributed by atoms with Gasteiger partial charge in [-0.2, -0.15) is 0 Å². The van der Waals surface area contributed by atoms with Crippen molar-refractivity contribution in [1.29, 1.82) is 0 Å². The average Bonchev–Trinajstić information content (AvgIpc) is 2.97. The quantitative estimate of drug-likeness (QED) is 0.806. The summed E-state index contributed by atoms with van der Waals surface area (Å²) >= 11 is 0. The van der Waals surface area contributed by atoms with Crippen LogP contribution in [0.3, 0.4) is 0 Å². The summed E-state index contributed by atoms with van der Waals surface area (Å²) in [6.07, 6.45) is 3.03. The SMILES string of the molecule is CCC1OCCC1C(=O)N1CCN(C(CC)CN)CC1. The second-order valence-corrected chi connectivity index (χ2v) is 5.87. The predicted octanol–water partition coefficient (Wildman–Crippen LogP) is 0.683. The van der Waals surface area contributed by atoms with Crippen LogP contribution < -0.4 is 5.73 Å². The minimum absolute atomic E-state index is 0.0861. The number of amides is 1. The molecule has 2 saturated heterocycles. The van der Waals surface area contributed by atoms with E-state index in [0.29, 0.717) is 18.5 Å². The van der Waals surface area contributed by atoms with Gasteiger partial charge in [-0.05, 0) is 19.3 Å². The van der Waals surface area contributed by atoms with Crippen LogP contribution >= 0.6 is 0 Å². The van der Waals surface area contributed by atoms with Crippen LogP contribution in [-0.4, -0.2) is 67.2 Å². The summed E-state index contributed by atoms with van der Waals surface area (Å²) in [5.74, 6) is 0.387. The Hall–Kier alpha value is -0.650. The molecule has 2 aliphatic rings. The standard InChI is InChI=1S/C15H29N3O2/c1-3-12(11-16)17-6-8-18(9-7-17)15(19)13-5-10-20-14(13)4-2/h12-14H,3-11,16H2,1-2H3. The lowest BCUT2D eigenvalue weighted by Crippen LogP contribution is -2.55. The van der Waals surface area contributed by atoms with E-state index < -0.39 is 0 Å². The van der Waals surface area contributed by atoms with E-state index in [2.05, 4.69) is 18.7 Å². The highest BCUT2D eigenvalue weighted by atomic mass is 16.5. The Morgan fingerprint density at radius 1 is 1.30 bits per heavy atom. The molecule has 0 aromatic carbocycles. The molecule has 0 spiro atoms. The fourth-order valence-electron chi connectivity index (χ4n) is 3.45. The molecule has 1 amide bonds. The lowest BCUT2D eigenvalue weighted by atomic mass is 9.97. The van der Waals surface area contributed by atoms with Gasteiger partial charge in [-0.3, -0.25) is 9.69 Å². The van der Waals surface area contributed by atoms with Crippen molar-refractivity contribution in [3.05, 3.63) is 0 Å². The lowest BCUT2D eigenvalue weighted by Gasteiger charge is -2.39. The first kappa shape index (κ1) is 15.7. The van der Waals surface area contributed by atoms with Crippen molar-refractivity contribution in [3.63, 3.8) is 0 Å². The smallest absolute Gasteiger partial charge is 0.228 e. The van der Waals surface area contributed by atoms with Crippen molar-refractivity contribution in [2.75, 3.05) is 39.3 Å². The van der Waals surface area contributed by atoms with Gasteiger partial charge in [0.1, 0.15) is 0 Å². The van der Waals surface area contributed by atoms with E-state index in [-0.39, 0.29) is 12.0 Å². The second kappa shape index (κ2) is 7.38. The zero-order valence-electron chi connectivity index (χ0n) is 12.9. The normalized spacial score (nSPS) is 29.6. The number of carbonyl (C=O) groups excluding carboxylic acids is 1. The first-order valence-electron chi connectivity index (χ1n) is 8.05. The number of hydrogen-bond donors (Lipinski definition) is 1. The Bertz CT molecular complexity index is 312. The zero-order valence-corrected chi connectivity index (χ0v) is 12.9. The molecular weight excluding hydrogens is 254 g/mol. The Morgan fingerprint density at radius 2 is 2.00 bits per heavy atom. The highest BCUT2D eigenvalue weighted by Crippen LogP contribution is 2.26. The van der Waals surface area contributed by atoms with Gasteiger partial charge in [0.15, 0.2) is 0 Å². The van der Waals surface area contributed by atoms with Crippen molar-refractivity contribution in [2.45, 2.75) is 45.3 Å². The fraction of sp³-hybridized carbons (Fsp3) is 0.933. The van der Waals surface area contributed by atoms with E-state index in [4.69, 9.17) is 10.5 Å². The molecule has 2 N–H and O–H groups in total. The maximum absolute atomic E-state index is 12.6. The number of nitrogens with zero attached hydrogens (tertiary/aromatic N) is 2. The highest BCUT2D eigenvalue weighted by molar-refractivity contribution is 5.79. The number of rotatable bonds is 5. The van der Waals surface area contributed by atoms with E-state index in [1.54, 1.807) is 0 Å². The molecule has 0 aliphatic carbocycles. The molecule has 3 unspecified atom stereocenters. The van der Waals surface area contributed by atoms with Crippen LogP contribution in [0.2, 0.25) is 0 Å². The summed E-state index contributed by atoms with van der Waals surface area (Å²) in [5, 5.41) is 0. The Morgan fingerprint density at radius 3 is 2.55 bits per heavy atom. The van der Waals surface area contributed by atoms with Crippen molar-refractivity contribution in [1.82, 2.24) is 9.80 Å². The molecule has 2 rings (SSSR count). The van der Waals surface area contributed by atoms with E-state index in [1.165, 1.54) is 0 Å². The number of carbonyl (C=O) groups is 1. The monoisotopic (exact) mass is 283 g/mol. The molecule has 2 fully saturated rings. The van der Waals surface area contributed by atoms with Gasteiger partial charge in [-0.25, -0.2) is 0 Å². The molecule has 0 aromatic rings. The van der Waals surface area contributed by atoms with Crippen LogP contribution in [0.1, 0.15) is 33.1 Å². The van der Waals surface area contributed by atoms with Gasteiger partial charge >= 0.3 is 0 Å². The van der Waals surface area contributed by atoms with Crippen LogP contribution in [0, 0.1) is 5.92 Å². The molecular formula is C15H29N3O2. The van der Waals surface area contributed by atoms with Gasteiger partial charge in [0.2, 0.25) is 5.91 Å². The van der Waals surface area contributed by atoms with E-state index in [1.807, 2.05) is 4.90 Å². The fourth-order valence-corrected chi connectivity index (χ4v) is 3.45. The molecule has 0 saturated carbocycles. The third-order valence-corrected chi connectivity index (χ3v) is 4.81. The topological polar surface area (TPSA) is 58.8 Å². The van der Waals surface area contributed by atoms with E-state index in [0.717, 1.165) is 52.0 Å². The summed E-state index contributed by atoms with van der Waals surface area (Å²) in [6, 6.07) is 0.463. The molecule has 20 heavy (non-hydrogen) atoms. The maximum atomic E-state index is 12.6. The van der Waals surface area contributed by atoms with Crippen molar-refractivity contribution in [2.24, 2.45) is 11.7 Å². The number of ether oxygens (including phenoxy) is 1. The van der Waals surface area contributed by atoms with Crippen LogP contribution in [0.15, 0.2) is 0 Å². The zero-order chi connectivity index (χ0) is 14.5. The van der Waals surface area contributed by atoms with Gasteiger partial charge in [0.05, 0.1) is 12.0 Å². The Kier molecular flexibility index (Phi) is 5.81. The molecule has 0 radical (unpaired) electrons. The van der Waals surface area contributed by atoms with Gasteiger partial charge in [-0.1, -0.05) is 13.8 Å². The van der Waals surface area contributed by atoms with Crippen LogP contribution in [0.5, 0.6) is 0 Å². The molecule has 2 heterocycles. The first-order valence-corrected chi connectivity index (χ1v) is 8.05. The number of nitrogens with two attached hydrogens (primary N) is 1.